The monoisotopic (exact) mass is 1180 g/mol. The van der Waals surface area contributed by atoms with Gasteiger partial charge in [0.05, 0.1) is 5.69 Å². The molecule has 0 saturated carbocycles. The van der Waals surface area contributed by atoms with E-state index in [2.05, 4.69) is 374 Å². The second kappa shape index (κ2) is 22.9. The van der Waals surface area contributed by atoms with Crippen molar-refractivity contribution in [1.29, 1.82) is 0 Å². The standard InChI is InChI=1S/C84H60N2SSi2/c1-7-29-70(30-8-1)88(71-31-9-2-10-32-71,72-33-11-3-12-34-72)76-52-47-65(48-53-76)85(67-45-43-61-25-19-21-27-63(61)57-67)69-51-56-80-82(59-69)87-83-60-81(78-41-23-24-42-79(78)84(80)83)86(68-46-44-62-26-20-22-28-64(62)58-68)66-49-54-77(55-50-66)89(73-35-13-4-14-36-73,74-37-15-5-16-38-74)75-39-17-6-18-40-75/h1-60H. The van der Waals surface area contributed by atoms with Crippen LogP contribution in [-0.4, -0.2) is 16.1 Å². The summed E-state index contributed by atoms with van der Waals surface area (Å²) in [6.45, 7) is 0. The molecule has 0 aliphatic rings. The molecule has 1 heterocycles. The number of anilines is 6. The minimum Gasteiger partial charge on any atom is -0.310 e. The largest absolute Gasteiger partial charge is 0.310 e. The molecule has 5 heteroatoms. The van der Waals surface area contributed by atoms with Crippen LogP contribution < -0.4 is 51.3 Å². The van der Waals surface area contributed by atoms with Crippen molar-refractivity contribution in [3.05, 3.63) is 364 Å². The first-order chi connectivity index (χ1) is 44.1. The fourth-order valence-corrected chi connectivity index (χ4v) is 25.0. The molecule has 0 atom stereocenters. The van der Waals surface area contributed by atoms with Gasteiger partial charge in [0.2, 0.25) is 0 Å². The van der Waals surface area contributed by atoms with Crippen LogP contribution in [0, 0.1) is 0 Å². The average molecular weight is 1190 g/mol. The molecule has 0 aliphatic carbocycles. The lowest BCUT2D eigenvalue weighted by Crippen LogP contribution is -2.74. The van der Waals surface area contributed by atoms with Gasteiger partial charge >= 0.3 is 0 Å². The van der Waals surface area contributed by atoms with Gasteiger partial charge in [0.25, 0.3) is 0 Å². The van der Waals surface area contributed by atoms with E-state index in [1.165, 1.54) is 94.0 Å². The van der Waals surface area contributed by atoms with Crippen LogP contribution in [0.5, 0.6) is 0 Å². The minimum absolute atomic E-state index is 1.10. The van der Waals surface area contributed by atoms with Crippen LogP contribution in [0.3, 0.4) is 0 Å². The van der Waals surface area contributed by atoms with Gasteiger partial charge in [0.15, 0.2) is 16.1 Å². The van der Waals surface area contributed by atoms with Crippen LogP contribution in [0.2, 0.25) is 0 Å². The molecule has 0 N–H and O–H groups in total. The summed E-state index contributed by atoms with van der Waals surface area (Å²) in [5.74, 6) is 0. The summed E-state index contributed by atoms with van der Waals surface area (Å²) in [5.41, 5.74) is 6.66. The Morgan fingerprint density at radius 3 is 0.944 bits per heavy atom. The fraction of sp³-hybridized carbons (Fsp3) is 0. The van der Waals surface area contributed by atoms with E-state index in [9.17, 15) is 0 Å². The Morgan fingerprint density at radius 1 is 0.202 bits per heavy atom. The lowest BCUT2D eigenvalue weighted by molar-refractivity contribution is 1.30. The van der Waals surface area contributed by atoms with E-state index in [1.54, 1.807) is 0 Å². The number of benzene rings is 15. The van der Waals surface area contributed by atoms with E-state index in [0.29, 0.717) is 0 Å². The first kappa shape index (κ1) is 53.8. The second-order valence-electron chi connectivity index (χ2n) is 23.1. The maximum atomic E-state index is 2.50. The zero-order valence-corrected chi connectivity index (χ0v) is 51.8. The Balaban J connectivity index is 0.865. The second-order valence-corrected chi connectivity index (χ2v) is 31.8. The highest BCUT2D eigenvalue weighted by Crippen LogP contribution is 2.48. The number of hydrogen-bond acceptors (Lipinski definition) is 3. The molecule has 1 aromatic heterocycles. The molecule has 0 radical (unpaired) electrons. The van der Waals surface area contributed by atoms with Crippen LogP contribution in [-0.2, 0) is 0 Å². The number of hydrogen-bond donors (Lipinski definition) is 0. The molecule has 16 rings (SSSR count). The van der Waals surface area contributed by atoms with Crippen molar-refractivity contribution in [3.63, 3.8) is 0 Å². The van der Waals surface area contributed by atoms with Crippen molar-refractivity contribution in [3.8, 4) is 0 Å². The van der Waals surface area contributed by atoms with Crippen molar-refractivity contribution in [2.75, 3.05) is 9.80 Å². The van der Waals surface area contributed by atoms with Crippen LogP contribution in [0.4, 0.5) is 34.1 Å². The average Bonchev–Trinajstić information content (AvgIpc) is 1.77. The zero-order chi connectivity index (χ0) is 59.1. The summed E-state index contributed by atoms with van der Waals surface area (Å²) in [5, 5.41) is 20.6. The Bertz CT molecular complexity index is 4990. The van der Waals surface area contributed by atoms with E-state index in [1.807, 2.05) is 11.3 Å². The molecular formula is C84H60N2SSi2. The van der Waals surface area contributed by atoms with Gasteiger partial charge in [-0.25, -0.2) is 0 Å². The predicted octanol–water partition coefficient (Wildman–Crippen LogP) is 17.2. The minimum atomic E-state index is -2.79. The summed E-state index contributed by atoms with van der Waals surface area (Å²) in [7, 11) is -5.56. The van der Waals surface area contributed by atoms with E-state index >= 15 is 0 Å². The molecule has 0 spiro atoms. The van der Waals surface area contributed by atoms with Crippen molar-refractivity contribution in [2.45, 2.75) is 0 Å². The molecule has 0 saturated heterocycles. The van der Waals surface area contributed by atoms with Crippen molar-refractivity contribution in [1.82, 2.24) is 0 Å². The van der Waals surface area contributed by atoms with Gasteiger partial charge < -0.3 is 9.80 Å². The lowest BCUT2D eigenvalue weighted by atomic mass is 10.00. The van der Waals surface area contributed by atoms with Gasteiger partial charge in [-0.3, -0.25) is 0 Å². The quantitative estimate of drug-likeness (QED) is 0.0791. The normalized spacial score (nSPS) is 11.8. The molecule has 15 aromatic carbocycles. The van der Waals surface area contributed by atoms with Crippen molar-refractivity contribution in [2.24, 2.45) is 0 Å². The van der Waals surface area contributed by atoms with Gasteiger partial charge in [-0.15, -0.1) is 11.3 Å². The van der Waals surface area contributed by atoms with Gasteiger partial charge in [-0.05, 0) is 135 Å². The predicted molar refractivity (Wildman–Crippen MR) is 388 cm³/mol. The van der Waals surface area contributed by atoms with Crippen molar-refractivity contribution < 1.29 is 0 Å². The summed E-state index contributed by atoms with van der Waals surface area (Å²) in [6, 6.07) is 136. The molecule has 0 unspecified atom stereocenters. The van der Waals surface area contributed by atoms with Gasteiger partial charge in [-0.2, -0.15) is 0 Å². The highest BCUT2D eigenvalue weighted by Gasteiger charge is 2.43. The third-order valence-corrected chi connectivity index (χ3v) is 29.0. The number of fused-ring (bicyclic) bond motifs is 7. The molecule has 0 aliphatic heterocycles. The van der Waals surface area contributed by atoms with Crippen molar-refractivity contribution >= 4 is 156 Å². The lowest BCUT2D eigenvalue weighted by Gasteiger charge is -2.35. The zero-order valence-electron chi connectivity index (χ0n) is 48.9. The summed E-state index contributed by atoms with van der Waals surface area (Å²) in [6.07, 6.45) is 0. The maximum Gasteiger partial charge on any atom is 0.179 e. The first-order valence-corrected chi connectivity index (χ1v) is 35.4. The smallest absolute Gasteiger partial charge is 0.179 e. The van der Waals surface area contributed by atoms with Crippen LogP contribution >= 0.6 is 11.3 Å². The van der Waals surface area contributed by atoms with Crippen LogP contribution in [0.25, 0.3) is 52.5 Å². The van der Waals surface area contributed by atoms with E-state index in [0.717, 1.165) is 34.1 Å². The molecule has 420 valence electrons. The fourth-order valence-electron chi connectivity index (χ4n) is 14.3. The molecular weight excluding hydrogens is 1130 g/mol. The van der Waals surface area contributed by atoms with Gasteiger partial charge in [0.1, 0.15) is 0 Å². The molecule has 2 nitrogen and oxygen atoms in total. The number of thiophene rings is 1. The Morgan fingerprint density at radius 2 is 0.517 bits per heavy atom. The van der Waals surface area contributed by atoms with Gasteiger partial charge in [-0.1, -0.05) is 297 Å². The maximum absolute atomic E-state index is 2.79. The molecule has 0 fully saturated rings. The topological polar surface area (TPSA) is 6.48 Å². The van der Waals surface area contributed by atoms with Crippen LogP contribution in [0.15, 0.2) is 364 Å². The molecule has 0 amide bonds. The third kappa shape index (κ3) is 9.29. The van der Waals surface area contributed by atoms with E-state index in [4.69, 9.17) is 0 Å². The Kier molecular flexibility index (Phi) is 13.8. The highest BCUT2D eigenvalue weighted by atomic mass is 32.1. The summed E-state index contributed by atoms with van der Waals surface area (Å²) >= 11 is 1.88. The molecule has 16 aromatic rings. The number of rotatable bonds is 14. The Labute approximate surface area is 525 Å². The SMILES string of the molecule is c1ccc([Si](c2ccccc2)(c2ccccc2)c2ccc(N(c3ccc4ccccc4c3)c3ccc4c(c3)sc3cc(N(c5ccc([Si](c6ccccc6)(c6ccccc6)c6ccccc6)cc5)c5ccc6ccccc6c5)c5ccccc5c34)cc2)cc1. The van der Waals surface area contributed by atoms with Crippen LogP contribution in [0.1, 0.15) is 0 Å². The highest BCUT2D eigenvalue weighted by molar-refractivity contribution is 7.26. The number of nitrogens with zero attached hydrogens (tertiary/aromatic N) is 2. The molecule has 0 bridgehead atoms. The molecule has 89 heavy (non-hydrogen) atoms. The summed E-state index contributed by atoms with van der Waals surface area (Å²) in [4.78, 5) is 4.96. The first-order valence-electron chi connectivity index (χ1n) is 30.6. The summed E-state index contributed by atoms with van der Waals surface area (Å²) < 4.78 is 2.47. The van der Waals surface area contributed by atoms with E-state index < -0.39 is 16.1 Å². The Hall–Kier alpha value is -10.7. The van der Waals surface area contributed by atoms with E-state index in [-0.39, 0.29) is 0 Å². The van der Waals surface area contributed by atoms with Gasteiger partial charge in [0, 0.05) is 54.0 Å². The third-order valence-electron chi connectivity index (χ3n) is 18.3.